The highest BCUT2D eigenvalue weighted by Crippen LogP contribution is 2.43. The van der Waals surface area contributed by atoms with Crippen LogP contribution in [0.1, 0.15) is 30.8 Å². The molecule has 2 aromatic carbocycles. The number of benzene rings is 2. The maximum absolute atomic E-state index is 13.7. The van der Waals surface area contributed by atoms with Crippen LogP contribution in [0.3, 0.4) is 0 Å². The molecule has 0 bridgehead atoms. The quantitative estimate of drug-likeness (QED) is 0.428. The summed E-state index contributed by atoms with van der Waals surface area (Å²) in [6, 6.07) is 12.0. The molecule has 1 aliphatic heterocycles. The highest BCUT2D eigenvalue weighted by molar-refractivity contribution is 6.06. The van der Waals surface area contributed by atoms with E-state index in [9.17, 15) is 9.90 Å². The van der Waals surface area contributed by atoms with Crippen molar-refractivity contribution in [2.75, 3.05) is 38.6 Å². The summed E-state index contributed by atoms with van der Waals surface area (Å²) in [5, 5.41) is 20.1. The number of carbonyl (C=O) groups excluding carboxylic acids is 1. The molecule has 3 N–H and O–H groups in total. The summed E-state index contributed by atoms with van der Waals surface area (Å²) in [7, 11) is 4.72. The molecule has 10 heteroatoms. The Balaban J connectivity index is 1.80. The fraction of sp³-hybridized carbons (Fsp3) is 0.320. The lowest BCUT2D eigenvalue weighted by Gasteiger charge is -2.30. The van der Waals surface area contributed by atoms with Crippen LogP contribution in [0, 0.1) is 0 Å². The van der Waals surface area contributed by atoms with Crippen molar-refractivity contribution in [2.45, 2.75) is 25.8 Å². The number of methoxy groups -OCH3 is 3. The van der Waals surface area contributed by atoms with E-state index >= 15 is 0 Å². The Hall–Kier alpha value is -4.05. The fourth-order valence-electron chi connectivity index (χ4n) is 4.12. The number of hydrogen-bond acceptors (Lipinski definition) is 8. The maximum Gasteiger partial charge on any atom is 0.255 e. The van der Waals surface area contributed by atoms with E-state index in [1.165, 1.54) is 0 Å². The van der Waals surface area contributed by atoms with E-state index in [4.69, 9.17) is 14.2 Å². The van der Waals surface area contributed by atoms with E-state index in [0.717, 1.165) is 0 Å². The number of aliphatic hydroxyl groups is 1. The number of aryl methyl sites for hydroxylation is 1. The van der Waals surface area contributed by atoms with Crippen molar-refractivity contribution < 1.29 is 24.1 Å². The summed E-state index contributed by atoms with van der Waals surface area (Å²) in [5.41, 5.74) is 2.42. The Morgan fingerprint density at radius 2 is 1.89 bits per heavy atom. The molecule has 0 saturated carbocycles. The molecule has 0 fully saturated rings. The molecule has 4 rings (SSSR count). The van der Waals surface area contributed by atoms with Crippen molar-refractivity contribution in [3.63, 3.8) is 0 Å². The predicted molar refractivity (Wildman–Crippen MR) is 131 cm³/mol. The van der Waals surface area contributed by atoms with Crippen molar-refractivity contribution in [3.8, 4) is 17.2 Å². The van der Waals surface area contributed by atoms with Gasteiger partial charge in [0.15, 0.2) is 17.3 Å². The summed E-state index contributed by atoms with van der Waals surface area (Å²) in [6.45, 7) is 1.87. The summed E-state index contributed by atoms with van der Waals surface area (Å²) >= 11 is 0. The highest BCUT2D eigenvalue weighted by Gasteiger charge is 2.36. The number of aliphatic hydroxyl groups excluding tert-OH is 1. The largest absolute Gasteiger partial charge is 0.497 e. The maximum atomic E-state index is 13.7. The van der Waals surface area contributed by atoms with Gasteiger partial charge in [0.1, 0.15) is 11.8 Å². The molecule has 0 saturated heterocycles. The molecule has 184 valence electrons. The number of rotatable bonds is 9. The predicted octanol–water partition coefficient (Wildman–Crippen LogP) is 3.16. The van der Waals surface area contributed by atoms with Gasteiger partial charge in [0, 0.05) is 30.0 Å². The van der Waals surface area contributed by atoms with Crippen molar-refractivity contribution in [3.05, 3.63) is 65.1 Å². The van der Waals surface area contributed by atoms with E-state index in [0.29, 0.717) is 64.4 Å². The van der Waals surface area contributed by atoms with Gasteiger partial charge in [-0.3, -0.25) is 4.79 Å². The average Bonchev–Trinajstić information content (AvgIpc) is 3.28. The number of aromatic nitrogens is 3. The van der Waals surface area contributed by atoms with E-state index in [1.807, 2.05) is 19.1 Å². The minimum Gasteiger partial charge on any atom is -0.497 e. The monoisotopic (exact) mass is 479 g/mol. The number of ether oxygens (including phenoxy) is 3. The first-order chi connectivity index (χ1) is 17.0. The molecule has 0 spiro atoms. The molecule has 1 amide bonds. The Bertz CT molecular complexity index is 1240. The molecule has 1 aromatic heterocycles. The summed E-state index contributed by atoms with van der Waals surface area (Å²) in [5.74, 6) is 2.51. The Morgan fingerprint density at radius 3 is 2.54 bits per heavy atom. The van der Waals surface area contributed by atoms with Gasteiger partial charge in [-0.15, -0.1) is 0 Å². The number of fused-ring (bicyclic) bond motifs is 1. The van der Waals surface area contributed by atoms with Crippen LogP contribution in [0.2, 0.25) is 0 Å². The first-order valence-corrected chi connectivity index (χ1v) is 11.2. The number of amides is 1. The fourth-order valence-corrected chi connectivity index (χ4v) is 4.12. The molecule has 1 atom stereocenters. The summed E-state index contributed by atoms with van der Waals surface area (Å²) < 4.78 is 18.1. The van der Waals surface area contributed by atoms with Gasteiger partial charge in [0.2, 0.25) is 5.95 Å². The molecule has 2 heterocycles. The second kappa shape index (κ2) is 10.5. The SMILES string of the molecule is COc1ccc(NC(=O)C2=C(C)Nc3nc(CCCO)nn3C2c2cccc(OC)c2OC)cc1. The molecule has 3 aromatic rings. The van der Waals surface area contributed by atoms with Crippen LogP contribution in [0.15, 0.2) is 53.7 Å². The number of nitrogens with zero attached hydrogens (tertiary/aromatic N) is 3. The Kier molecular flexibility index (Phi) is 7.21. The van der Waals surface area contributed by atoms with Gasteiger partial charge < -0.3 is 30.0 Å². The van der Waals surface area contributed by atoms with E-state index in [1.54, 1.807) is 56.3 Å². The third-order valence-corrected chi connectivity index (χ3v) is 5.78. The highest BCUT2D eigenvalue weighted by atomic mass is 16.5. The van der Waals surface area contributed by atoms with E-state index in [2.05, 4.69) is 20.7 Å². The molecule has 35 heavy (non-hydrogen) atoms. The summed E-state index contributed by atoms with van der Waals surface area (Å²) in [6.07, 6.45) is 1.04. The van der Waals surface area contributed by atoms with Gasteiger partial charge >= 0.3 is 0 Å². The van der Waals surface area contributed by atoms with Gasteiger partial charge in [-0.2, -0.15) is 10.1 Å². The minimum absolute atomic E-state index is 0.0389. The van der Waals surface area contributed by atoms with Crippen LogP contribution in [0.4, 0.5) is 11.6 Å². The number of nitrogens with one attached hydrogen (secondary N) is 2. The van der Waals surface area contributed by atoms with Crippen LogP contribution in [-0.4, -0.2) is 53.7 Å². The normalized spacial score (nSPS) is 14.7. The second-order valence-corrected chi connectivity index (χ2v) is 7.95. The van der Waals surface area contributed by atoms with Crippen molar-refractivity contribution in [2.24, 2.45) is 0 Å². The van der Waals surface area contributed by atoms with E-state index < -0.39 is 6.04 Å². The number of para-hydroxylation sites is 1. The lowest BCUT2D eigenvalue weighted by molar-refractivity contribution is -0.113. The number of carbonyl (C=O) groups is 1. The zero-order valence-corrected chi connectivity index (χ0v) is 20.2. The average molecular weight is 480 g/mol. The Morgan fingerprint density at radius 1 is 1.11 bits per heavy atom. The molecular formula is C25H29N5O5. The van der Waals surface area contributed by atoms with Gasteiger partial charge in [-0.05, 0) is 43.7 Å². The lowest BCUT2D eigenvalue weighted by atomic mass is 9.94. The number of anilines is 2. The van der Waals surface area contributed by atoms with Crippen molar-refractivity contribution in [1.29, 1.82) is 0 Å². The van der Waals surface area contributed by atoms with Crippen molar-refractivity contribution in [1.82, 2.24) is 14.8 Å². The van der Waals surface area contributed by atoms with Crippen LogP contribution in [0.25, 0.3) is 0 Å². The lowest BCUT2D eigenvalue weighted by Crippen LogP contribution is -2.31. The molecular weight excluding hydrogens is 450 g/mol. The van der Waals surface area contributed by atoms with Crippen molar-refractivity contribution >= 4 is 17.5 Å². The molecule has 1 aliphatic rings. The standard InChI is InChI=1S/C25H29N5O5/c1-15-21(24(32)27-16-10-12-17(33-2)13-11-16)22(18-7-5-8-19(34-3)23(18)35-4)30-25(26-15)28-20(29-30)9-6-14-31/h5,7-8,10-13,22,31H,6,9,14H2,1-4H3,(H,27,32)(H,26,28,29). The third-order valence-electron chi connectivity index (χ3n) is 5.78. The topological polar surface area (TPSA) is 120 Å². The van der Waals surface area contributed by atoms with E-state index in [-0.39, 0.29) is 12.5 Å². The van der Waals surface area contributed by atoms with Gasteiger partial charge in [0.25, 0.3) is 5.91 Å². The van der Waals surface area contributed by atoms with Crippen LogP contribution < -0.4 is 24.8 Å². The number of allylic oxidation sites excluding steroid dienone is 1. The molecule has 1 unspecified atom stereocenters. The Labute approximate surface area is 203 Å². The molecule has 0 radical (unpaired) electrons. The zero-order chi connectivity index (χ0) is 24.9. The first kappa shape index (κ1) is 24.1. The van der Waals surface area contributed by atoms with Crippen LogP contribution in [0.5, 0.6) is 17.2 Å². The smallest absolute Gasteiger partial charge is 0.255 e. The van der Waals surface area contributed by atoms with Gasteiger partial charge in [-0.25, -0.2) is 4.68 Å². The van der Waals surface area contributed by atoms with Gasteiger partial charge in [-0.1, -0.05) is 12.1 Å². The first-order valence-electron chi connectivity index (χ1n) is 11.2. The van der Waals surface area contributed by atoms with Crippen LogP contribution >= 0.6 is 0 Å². The van der Waals surface area contributed by atoms with Gasteiger partial charge in [0.05, 0.1) is 26.9 Å². The molecule has 10 nitrogen and oxygen atoms in total. The molecule has 0 aliphatic carbocycles. The minimum atomic E-state index is -0.634. The second-order valence-electron chi connectivity index (χ2n) is 7.95. The van der Waals surface area contributed by atoms with Crippen LogP contribution in [-0.2, 0) is 11.2 Å². The third kappa shape index (κ3) is 4.78. The number of hydrogen-bond donors (Lipinski definition) is 3. The summed E-state index contributed by atoms with van der Waals surface area (Å²) in [4.78, 5) is 18.2. The zero-order valence-electron chi connectivity index (χ0n) is 20.2.